The lowest BCUT2D eigenvalue weighted by atomic mass is 9.78. The second-order valence-electron chi connectivity index (χ2n) is 5.71. The first kappa shape index (κ1) is 12.8. The van der Waals surface area contributed by atoms with Gasteiger partial charge in [0, 0.05) is 12.1 Å². The quantitative estimate of drug-likeness (QED) is 0.771. The molecule has 3 unspecified atom stereocenters. The molecular weight excluding hydrogens is 214 g/mol. The minimum atomic E-state index is -0.760. The van der Waals surface area contributed by atoms with Crippen LogP contribution in [0.15, 0.2) is 0 Å². The van der Waals surface area contributed by atoms with Gasteiger partial charge < -0.3 is 11.5 Å². The van der Waals surface area contributed by atoms with Gasteiger partial charge in [-0.3, -0.25) is 9.69 Å². The smallest absolute Gasteiger partial charge is 0.237 e. The van der Waals surface area contributed by atoms with E-state index in [1.807, 2.05) is 0 Å². The molecule has 1 saturated heterocycles. The van der Waals surface area contributed by atoms with Crippen molar-refractivity contribution in [3.63, 3.8) is 0 Å². The Kier molecular flexibility index (Phi) is 3.73. The van der Waals surface area contributed by atoms with E-state index >= 15 is 0 Å². The highest BCUT2D eigenvalue weighted by Gasteiger charge is 2.41. The van der Waals surface area contributed by atoms with Crippen LogP contribution in [0.4, 0.5) is 0 Å². The summed E-state index contributed by atoms with van der Waals surface area (Å²) in [6, 6.07) is 1.16. The first-order chi connectivity index (χ1) is 8.07. The van der Waals surface area contributed by atoms with E-state index in [4.69, 9.17) is 11.5 Å². The molecule has 2 fully saturated rings. The lowest BCUT2D eigenvalue weighted by Gasteiger charge is -2.41. The fraction of sp³-hybridized carbons (Fsp3) is 0.923. The summed E-state index contributed by atoms with van der Waals surface area (Å²) in [5.74, 6) is -0.325. The summed E-state index contributed by atoms with van der Waals surface area (Å²) >= 11 is 0. The van der Waals surface area contributed by atoms with Crippen LogP contribution in [0.3, 0.4) is 0 Å². The molecule has 98 valence electrons. The van der Waals surface area contributed by atoms with Crippen LogP contribution in [0.25, 0.3) is 0 Å². The van der Waals surface area contributed by atoms with Crippen LogP contribution in [0.5, 0.6) is 0 Å². The number of hydrogen-bond acceptors (Lipinski definition) is 3. The summed E-state index contributed by atoms with van der Waals surface area (Å²) in [5, 5.41) is 0. The number of hydrogen-bond donors (Lipinski definition) is 2. The van der Waals surface area contributed by atoms with Gasteiger partial charge in [0.1, 0.15) is 0 Å². The van der Waals surface area contributed by atoms with Gasteiger partial charge in [-0.05, 0) is 51.5 Å². The van der Waals surface area contributed by atoms with E-state index in [0.717, 1.165) is 25.8 Å². The fourth-order valence-electron chi connectivity index (χ4n) is 3.56. The van der Waals surface area contributed by atoms with E-state index in [-0.39, 0.29) is 5.91 Å². The third kappa shape index (κ3) is 2.47. The lowest BCUT2D eigenvalue weighted by Crippen LogP contribution is -2.58. The zero-order chi connectivity index (χ0) is 12.5. The molecule has 0 spiro atoms. The van der Waals surface area contributed by atoms with Gasteiger partial charge in [-0.2, -0.15) is 0 Å². The zero-order valence-electron chi connectivity index (χ0n) is 10.8. The van der Waals surface area contributed by atoms with E-state index in [0.29, 0.717) is 12.1 Å². The molecule has 1 aliphatic heterocycles. The zero-order valence-corrected chi connectivity index (χ0v) is 10.8. The van der Waals surface area contributed by atoms with Crippen LogP contribution < -0.4 is 11.5 Å². The van der Waals surface area contributed by atoms with Crippen LogP contribution in [0.2, 0.25) is 0 Å². The molecular formula is C13H25N3O. The second kappa shape index (κ2) is 4.94. The van der Waals surface area contributed by atoms with Gasteiger partial charge >= 0.3 is 0 Å². The van der Waals surface area contributed by atoms with Crippen molar-refractivity contribution < 1.29 is 4.79 Å². The predicted octanol–water partition coefficient (Wildman–Crippen LogP) is 0.986. The molecule has 0 aromatic rings. The summed E-state index contributed by atoms with van der Waals surface area (Å²) < 4.78 is 0. The molecule has 2 rings (SSSR count). The first-order valence-electron chi connectivity index (χ1n) is 6.91. The average Bonchev–Trinajstić information content (AvgIpc) is 2.77. The molecule has 17 heavy (non-hydrogen) atoms. The molecule has 1 amide bonds. The highest BCUT2D eigenvalue weighted by molar-refractivity contribution is 5.84. The number of amides is 1. The van der Waals surface area contributed by atoms with Crippen molar-refractivity contribution in [2.75, 3.05) is 6.54 Å². The van der Waals surface area contributed by atoms with Crippen LogP contribution in [0.1, 0.15) is 51.9 Å². The molecule has 1 saturated carbocycles. The summed E-state index contributed by atoms with van der Waals surface area (Å²) in [6.45, 7) is 3.41. The largest absolute Gasteiger partial charge is 0.368 e. The summed E-state index contributed by atoms with van der Waals surface area (Å²) in [4.78, 5) is 14.0. The third-order valence-corrected chi connectivity index (χ3v) is 4.61. The normalized spacial score (nSPS) is 39.4. The first-order valence-corrected chi connectivity index (χ1v) is 6.91. The van der Waals surface area contributed by atoms with Gasteiger partial charge in [0.05, 0.1) is 5.54 Å². The molecule has 0 radical (unpaired) electrons. The molecule has 4 N–H and O–H groups in total. The van der Waals surface area contributed by atoms with Crippen molar-refractivity contribution in [1.82, 2.24) is 4.90 Å². The fourth-order valence-corrected chi connectivity index (χ4v) is 3.56. The SMILES string of the molecule is CCC1CCCN1C1CCCC(N)(C(N)=O)C1. The van der Waals surface area contributed by atoms with E-state index in [1.165, 1.54) is 25.7 Å². The van der Waals surface area contributed by atoms with Crippen molar-refractivity contribution in [2.24, 2.45) is 11.5 Å². The number of carbonyl (C=O) groups is 1. The number of rotatable bonds is 3. The third-order valence-electron chi connectivity index (χ3n) is 4.61. The van der Waals surface area contributed by atoms with Gasteiger partial charge in [-0.1, -0.05) is 6.92 Å². The average molecular weight is 239 g/mol. The van der Waals surface area contributed by atoms with Gasteiger partial charge in [-0.15, -0.1) is 0 Å². The van der Waals surface area contributed by atoms with Gasteiger partial charge in [0.15, 0.2) is 0 Å². The lowest BCUT2D eigenvalue weighted by molar-refractivity contribution is -0.125. The molecule has 2 aliphatic rings. The van der Waals surface area contributed by atoms with E-state index in [9.17, 15) is 4.79 Å². The number of nitrogens with zero attached hydrogens (tertiary/aromatic N) is 1. The Labute approximate surface area is 104 Å². The maximum Gasteiger partial charge on any atom is 0.237 e. The predicted molar refractivity (Wildman–Crippen MR) is 68.4 cm³/mol. The van der Waals surface area contributed by atoms with Crippen LogP contribution in [-0.2, 0) is 4.79 Å². The summed E-state index contributed by atoms with van der Waals surface area (Å²) in [6.07, 6.45) is 7.47. The Hall–Kier alpha value is -0.610. The number of nitrogens with two attached hydrogens (primary N) is 2. The Balaban J connectivity index is 2.04. The monoisotopic (exact) mass is 239 g/mol. The Morgan fingerprint density at radius 2 is 2.18 bits per heavy atom. The Morgan fingerprint density at radius 3 is 2.82 bits per heavy atom. The van der Waals surface area contributed by atoms with E-state index in [1.54, 1.807) is 0 Å². The second-order valence-corrected chi connectivity index (χ2v) is 5.71. The Morgan fingerprint density at radius 1 is 1.41 bits per heavy atom. The van der Waals surface area contributed by atoms with Crippen LogP contribution in [-0.4, -0.2) is 35.0 Å². The highest BCUT2D eigenvalue weighted by atomic mass is 16.1. The highest BCUT2D eigenvalue weighted by Crippen LogP contribution is 2.33. The number of primary amides is 1. The summed E-state index contributed by atoms with van der Waals surface area (Å²) in [5.41, 5.74) is 10.8. The van der Waals surface area contributed by atoms with Crippen LogP contribution >= 0.6 is 0 Å². The van der Waals surface area contributed by atoms with Crippen LogP contribution in [0, 0.1) is 0 Å². The van der Waals surface area contributed by atoms with Crippen molar-refractivity contribution in [1.29, 1.82) is 0 Å². The van der Waals surface area contributed by atoms with Crippen molar-refractivity contribution in [2.45, 2.75) is 69.5 Å². The maximum absolute atomic E-state index is 11.5. The molecule has 0 aromatic heterocycles. The van der Waals surface area contributed by atoms with E-state index < -0.39 is 5.54 Å². The van der Waals surface area contributed by atoms with Crippen molar-refractivity contribution >= 4 is 5.91 Å². The number of carbonyl (C=O) groups excluding carboxylic acids is 1. The minimum Gasteiger partial charge on any atom is -0.368 e. The topological polar surface area (TPSA) is 72.3 Å². The molecule has 1 aliphatic carbocycles. The number of likely N-dealkylation sites (tertiary alicyclic amines) is 1. The molecule has 0 aromatic carbocycles. The molecule has 4 heteroatoms. The summed E-state index contributed by atoms with van der Waals surface area (Å²) in [7, 11) is 0. The molecule has 3 atom stereocenters. The van der Waals surface area contributed by atoms with Gasteiger partial charge in [0.25, 0.3) is 0 Å². The molecule has 4 nitrogen and oxygen atoms in total. The van der Waals surface area contributed by atoms with Gasteiger partial charge in [-0.25, -0.2) is 0 Å². The van der Waals surface area contributed by atoms with Crippen molar-refractivity contribution in [3.05, 3.63) is 0 Å². The van der Waals surface area contributed by atoms with Gasteiger partial charge in [0.2, 0.25) is 5.91 Å². The maximum atomic E-state index is 11.5. The van der Waals surface area contributed by atoms with E-state index in [2.05, 4.69) is 11.8 Å². The minimum absolute atomic E-state index is 0.325. The molecule has 0 bridgehead atoms. The standard InChI is InChI=1S/C13H25N3O/c1-2-10-6-4-8-16(10)11-5-3-7-13(15,9-11)12(14)17/h10-11H,2-9,15H2,1H3,(H2,14,17). The van der Waals surface area contributed by atoms with Crippen molar-refractivity contribution in [3.8, 4) is 0 Å². The molecule has 1 heterocycles. The Bertz CT molecular complexity index is 294.